The molecular formula is C12H12FN3O2S. The summed E-state index contributed by atoms with van der Waals surface area (Å²) in [4.78, 5) is 3.34. The molecule has 0 aliphatic heterocycles. The van der Waals surface area contributed by atoms with Crippen molar-refractivity contribution in [2.75, 3.05) is 17.1 Å². The van der Waals surface area contributed by atoms with Gasteiger partial charge in [-0.1, -0.05) is 0 Å². The number of nitrogen functional groups attached to an aromatic ring is 1. The third-order valence-electron chi connectivity index (χ3n) is 2.59. The lowest BCUT2D eigenvalue weighted by molar-refractivity contribution is 0.587. The van der Waals surface area contributed by atoms with Crippen LogP contribution in [0.5, 0.6) is 0 Å². The summed E-state index contributed by atoms with van der Waals surface area (Å²) in [7, 11) is -2.46. The van der Waals surface area contributed by atoms with Crippen LogP contribution in [-0.2, 0) is 10.0 Å². The number of pyridine rings is 1. The van der Waals surface area contributed by atoms with E-state index in [4.69, 9.17) is 5.73 Å². The number of aromatic nitrogens is 1. The Morgan fingerprint density at radius 2 is 1.84 bits per heavy atom. The van der Waals surface area contributed by atoms with Crippen molar-refractivity contribution < 1.29 is 12.8 Å². The largest absolute Gasteiger partial charge is 0.399 e. The van der Waals surface area contributed by atoms with Crippen molar-refractivity contribution in [1.29, 1.82) is 0 Å². The third kappa shape index (κ3) is 2.65. The molecule has 1 heterocycles. The summed E-state index contributed by atoms with van der Waals surface area (Å²) in [6.07, 6.45) is 2.05. The van der Waals surface area contributed by atoms with Gasteiger partial charge < -0.3 is 5.73 Å². The SMILES string of the molecule is CN(c1ccc(N)cc1)S(=O)(=O)c1cncc(F)c1. The number of anilines is 2. The van der Waals surface area contributed by atoms with Crippen LogP contribution in [0.4, 0.5) is 15.8 Å². The van der Waals surface area contributed by atoms with Crippen LogP contribution in [0.25, 0.3) is 0 Å². The van der Waals surface area contributed by atoms with E-state index in [2.05, 4.69) is 4.98 Å². The highest BCUT2D eigenvalue weighted by atomic mass is 32.2. The van der Waals surface area contributed by atoms with Crippen LogP contribution in [0.15, 0.2) is 47.6 Å². The lowest BCUT2D eigenvalue weighted by Crippen LogP contribution is -2.26. The topological polar surface area (TPSA) is 76.3 Å². The van der Waals surface area contributed by atoms with Gasteiger partial charge in [0.05, 0.1) is 11.9 Å². The fourth-order valence-corrected chi connectivity index (χ4v) is 2.69. The van der Waals surface area contributed by atoms with Gasteiger partial charge in [-0.15, -0.1) is 0 Å². The third-order valence-corrected chi connectivity index (χ3v) is 4.35. The van der Waals surface area contributed by atoms with Crippen molar-refractivity contribution in [3.63, 3.8) is 0 Å². The molecule has 0 atom stereocenters. The Hall–Kier alpha value is -2.15. The van der Waals surface area contributed by atoms with E-state index in [1.54, 1.807) is 24.3 Å². The van der Waals surface area contributed by atoms with Gasteiger partial charge in [-0.3, -0.25) is 9.29 Å². The van der Waals surface area contributed by atoms with Crippen molar-refractivity contribution in [2.24, 2.45) is 0 Å². The summed E-state index contributed by atoms with van der Waals surface area (Å²) in [5.41, 5.74) is 6.50. The molecule has 5 nitrogen and oxygen atoms in total. The molecule has 0 saturated heterocycles. The van der Waals surface area contributed by atoms with E-state index in [0.29, 0.717) is 11.4 Å². The molecule has 0 spiro atoms. The van der Waals surface area contributed by atoms with Crippen molar-refractivity contribution in [2.45, 2.75) is 4.90 Å². The van der Waals surface area contributed by atoms with Gasteiger partial charge in [-0.2, -0.15) is 0 Å². The van der Waals surface area contributed by atoms with E-state index in [-0.39, 0.29) is 4.90 Å². The van der Waals surface area contributed by atoms with Crippen LogP contribution in [0.2, 0.25) is 0 Å². The second-order valence-electron chi connectivity index (χ2n) is 3.90. The maximum Gasteiger partial charge on any atom is 0.265 e. The maximum atomic E-state index is 13.1. The highest BCUT2D eigenvalue weighted by Gasteiger charge is 2.22. The fraction of sp³-hybridized carbons (Fsp3) is 0.0833. The average Bonchev–Trinajstić information content (AvgIpc) is 2.39. The molecule has 100 valence electrons. The van der Waals surface area contributed by atoms with Crippen molar-refractivity contribution in [3.05, 3.63) is 48.5 Å². The Bertz CT molecular complexity index is 686. The summed E-state index contributed by atoms with van der Waals surface area (Å²) in [6, 6.07) is 7.24. The van der Waals surface area contributed by atoms with Crippen LogP contribution >= 0.6 is 0 Å². The first kappa shape index (κ1) is 13.3. The zero-order valence-corrected chi connectivity index (χ0v) is 10.9. The highest BCUT2D eigenvalue weighted by Crippen LogP contribution is 2.22. The summed E-state index contributed by atoms with van der Waals surface area (Å²) in [6.45, 7) is 0. The van der Waals surface area contributed by atoms with Crippen LogP contribution < -0.4 is 10.0 Å². The maximum absolute atomic E-state index is 13.1. The predicted octanol–water partition coefficient (Wildman–Crippen LogP) is 1.63. The summed E-state index contributed by atoms with van der Waals surface area (Å²) >= 11 is 0. The Morgan fingerprint density at radius 3 is 2.42 bits per heavy atom. The number of halogens is 1. The average molecular weight is 281 g/mol. The number of nitrogens with two attached hydrogens (primary N) is 1. The fourth-order valence-electron chi connectivity index (χ4n) is 1.51. The Morgan fingerprint density at radius 1 is 1.21 bits per heavy atom. The van der Waals surface area contributed by atoms with Crippen molar-refractivity contribution >= 4 is 21.4 Å². The van der Waals surface area contributed by atoms with Gasteiger partial charge in [0.25, 0.3) is 10.0 Å². The van der Waals surface area contributed by atoms with E-state index in [1.165, 1.54) is 7.05 Å². The molecule has 0 aliphatic carbocycles. The molecule has 0 saturated carbocycles. The van der Waals surface area contributed by atoms with Crippen LogP contribution in [0.1, 0.15) is 0 Å². The molecule has 1 aromatic heterocycles. The van der Waals surface area contributed by atoms with E-state index < -0.39 is 15.8 Å². The number of nitrogens with zero attached hydrogens (tertiary/aromatic N) is 2. The van der Waals surface area contributed by atoms with Gasteiger partial charge in [0.1, 0.15) is 10.7 Å². The molecule has 19 heavy (non-hydrogen) atoms. The van der Waals surface area contributed by atoms with E-state index >= 15 is 0 Å². The number of hydrogen-bond donors (Lipinski definition) is 1. The van der Waals surface area contributed by atoms with Gasteiger partial charge in [-0.05, 0) is 30.3 Å². The zero-order valence-electron chi connectivity index (χ0n) is 10.1. The predicted molar refractivity (Wildman–Crippen MR) is 70.6 cm³/mol. The molecule has 7 heteroatoms. The number of benzene rings is 1. The minimum absolute atomic E-state index is 0.202. The minimum Gasteiger partial charge on any atom is -0.399 e. The van der Waals surface area contributed by atoms with E-state index in [0.717, 1.165) is 22.8 Å². The molecule has 0 aliphatic rings. The number of rotatable bonds is 3. The Kier molecular flexibility index (Phi) is 3.39. The van der Waals surface area contributed by atoms with Gasteiger partial charge in [0, 0.05) is 18.9 Å². The smallest absolute Gasteiger partial charge is 0.265 e. The van der Waals surface area contributed by atoms with Crippen LogP contribution in [0, 0.1) is 5.82 Å². The normalized spacial score (nSPS) is 11.3. The van der Waals surface area contributed by atoms with Gasteiger partial charge >= 0.3 is 0 Å². The Labute approximate surface area is 110 Å². The molecule has 0 bridgehead atoms. The van der Waals surface area contributed by atoms with Crippen LogP contribution in [0.3, 0.4) is 0 Å². The molecule has 2 aromatic rings. The van der Waals surface area contributed by atoms with Crippen molar-refractivity contribution in [3.8, 4) is 0 Å². The quantitative estimate of drug-likeness (QED) is 0.867. The van der Waals surface area contributed by atoms with Crippen molar-refractivity contribution in [1.82, 2.24) is 4.98 Å². The van der Waals surface area contributed by atoms with Gasteiger partial charge in [0.2, 0.25) is 0 Å². The lowest BCUT2D eigenvalue weighted by atomic mass is 10.3. The minimum atomic E-state index is -3.84. The molecular weight excluding hydrogens is 269 g/mol. The second kappa shape index (κ2) is 4.85. The molecule has 0 fully saturated rings. The lowest BCUT2D eigenvalue weighted by Gasteiger charge is -2.19. The monoisotopic (exact) mass is 281 g/mol. The second-order valence-corrected chi connectivity index (χ2v) is 5.87. The molecule has 2 N–H and O–H groups in total. The van der Waals surface area contributed by atoms with E-state index in [1.807, 2.05) is 0 Å². The summed E-state index contributed by atoms with van der Waals surface area (Å²) < 4.78 is 38.6. The van der Waals surface area contributed by atoms with Gasteiger partial charge in [-0.25, -0.2) is 12.8 Å². The summed E-state index contributed by atoms with van der Waals surface area (Å²) in [5.74, 6) is -0.702. The first-order chi connectivity index (χ1) is 8.91. The van der Waals surface area contributed by atoms with Crippen LogP contribution in [-0.4, -0.2) is 20.4 Å². The zero-order chi connectivity index (χ0) is 14.0. The van der Waals surface area contributed by atoms with Gasteiger partial charge in [0.15, 0.2) is 0 Å². The molecule has 1 aromatic carbocycles. The molecule has 0 amide bonds. The van der Waals surface area contributed by atoms with E-state index in [9.17, 15) is 12.8 Å². The number of hydrogen-bond acceptors (Lipinski definition) is 4. The standard InChI is InChI=1S/C12H12FN3O2S/c1-16(11-4-2-10(14)3-5-11)19(17,18)12-6-9(13)7-15-8-12/h2-8H,14H2,1H3. The molecule has 0 radical (unpaired) electrons. The highest BCUT2D eigenvalue weighted by molar-refractivity contribution is 7.92. The first-order valence-electron chi connectivity index (χ1n) is 5.36. The first-order valence-corrected chi connectivity index (χ1v) is 6.80. The Balaban J connectivity index is 2.42. The molecule has 2 rings (SSSR count). The summed E-state index contributed by atoms with van der Waals surface area (Å²) in [5, 5.41) is 0. The molecule has 0 unspecified atom stereocenters. The number of sulfonamides is 1.